The predicted octanol–water partition coefficient (Wildman–Crippen LogP) is 0.421. The summed E-state index contributed by atoms with van der Waals surface area (Å²) >= 11 is 0. The molecule has 7 heteroatoms. The van der Waals surface area contributed by atoms with Crippen molar-refractivity contribution in [2.24, 2.45) is 0 Å². The van der Waals surface area contributed by atoms with Gasteiger partial charge in [-0.05, 0) is 12.1 Å². The van der Waals surface area contributed by atoms with Crippen LogP contribution in [0.3, 0.4) is 0 Å². The summed E-state index contributed by atoms with van der Waals surface area (Å²) < 4.78 is 23.1. The van der Waals surface area contributed by atoms with E-state index in [-0.39, 0.29) is 5.16 Å². The van der Waals surface area contributed by atoms with Crippen LogP contribution < -0.4 is 0 Å². The second-order valence-corrected chi connectivity index (χ2v) is 5.12. The number of carbonyl (C=O) groups is 1. The van der Waals surface area contributed by atoms with E-state index in [1.54, 1.807) is 24.3 Å². The third kappa shape index (κ3) is 1.89. The van der Waals surface area contributed by atoms with Gasteiger partial charge in [-0.3, -0.25) is 4.79 Å². The maximum absolute atomic E-state index is 11.5. The van der Waals surface area contributed by atoms with Gasteiger partial charge in [0.05, 0.1) is 11.0 Å². The standard InChI is InChI=1S/C9H8N2O4S/c12-8(13)5-16(14,15)9-10-6-3-1-2-4-7(6)11-9/h1-4H,5H2,(H,10,11)(H,12,13). The van der Waals surface area contributed by atoms with Gasteiger partial charge in [0.1, 0.15) is 0 Å². The molecule has 0 bridgehead atoms. The Morgan fingerprint density at radius 2 is 2.06 bits per heavy atom. The molecule has 1 aromatic heterocycles. The number of nitrogens with one attached hydrogen (secondary N) is 1. The molecule has 0 saturated heterocycles. The lowest BCUT2D eigenvalue weighted by Gasteiger charge is -1.94. The average Bonchev–Trinajstić information content (AvgIpc) is 2.59. The van der Waals surface area contributed by atoms with Crippen molar-refractivity contribution in [3.63, 3.8) is 0 Å². The minimum absolute atomic E-state index is 0.309. The highest BCUT2D eigenvalue weighted by Gasteiger charge is 2.22. The molecule has 0 aliphatic carbocycles. The van der Waals surface area contributed by atoms with Crippen LogP contribution in [-0.2, 0) is 14.6 Å². The fourth-order valence-corrected chi connectivity index (χ4v) is 2.27. The smallest absolute Gasteiger partial charge is 0.319 e. The van der Waals surface area contributed by atoms with E-state index in [1.165, 1.54) is 0 Å². The van der Waals surface area contributed by atoms with Crippen LogP contribution >= 0.6 is 0 Å². The van der Waals surface area contributed by atoms with E-state index in [2.05, 4.69) is 9.97 Å². The molecular formula is C9H8N2O4S. The summed E-state index contributed by atoms with van der Waals surface area (Å²) in [6, 6.07) is 6.76. The summed E-state index contributed by atoms with van der Waals surface area (Å²) in [5.41, 5.74) is 1.05. The Hall–Kier alpha value is -1.89. The summed E-state index contributed by atoms with van der Waals surface area (Å²) in [5.74, 6) is -2.37. The monoisotopic (exact) mass is 240 g/mol. The summed E-state index contributed by atoms with van der Waals surface area (Å²) in [7, 11) is -3.89. The van der Waals surface area contributed by atoms with Gasteiger partial charge in [0.25, 0.3) is 0 Å². The van der Waals surface area contributed by atoms with Gasteiger partial charge >= 0.3 is 5.97 Å². The van der Waals surface area contributed by atoms with Crippen LogP contribution in [0.25, 0.3) is 11.0 Å². The molecule has 0 saturated carbocycles. The van der Waals surface area contributed by atoms with Crippen LogP contribution in [0.15, 0.2) is 29.4 Å². The predicted molar refractivity (Wildman–Crippen MR) is 55.8 cm³/mol. The fraction of sp³-hybridized carbons (Fsp3) is 0.111. The molecule has 2 rings (SSSR count). The molecule has 0 radical (unpaired) electrons. The number of carboxylic acid groups (broad SMARTS) is 1. The number of hydrogen-bond donors (Lipinski definition) is 2. The first kappa shape index (κ1) is 10.6. The van der Waals surface area contributed by atoms with Crippen molar-refractivity contribution in [2.45, 2.75) is 5.16 Å². The van der Waals surface area contributed by atoms with E-state index in [0.29, 0.717) is 11.0 Å². The quantitative estimate of drug-likeness (QED) is 0.809. The lowest BCUT2D eigenvalue weighted by molar-refractivity contribution is -0.134. The average molecular weight is 240 g/mol. The molecule has 0 fully saturated rings. The molecule has 1 heterocycles. The zero-order valence-electron chi connectivity index (χ0n) is 8.04. The highest BCUT2D eigenvalue weighted by molar-refractivity contribution is 7.91. The number of benzene rings is 1. The number of H-pyrrole nitrogens is 1. The number of sulfone groups is 1. The number of fused-ring (bicyclic) bond motifs is 1. The minimum atomic E-state index is -3.89. The summed E-state index contributed by atoms with van der Waals surface area (Å²) in [5, 5.41) is 8.16. The molecule has 1 aromatic carbocycles. The summed E-state index contributed by atoms with van der Waals surface area (Å²) in [6.45, 7) is 0. The topological polar surface area (TPSA) is 100 Å². The van der Waals surface area contributed by atoms with Crippen molar-refractivity contribution < 1.29 is 18.3 Å². The fourth-order valence-electron chi connectivity index (χ4n) is 1.31. The molecule has 6 nitrogen and oxygen atoms in total. The second-order valence-electron chi connectivity index (χ2n) is 3.21. The number of aliphatic carboxylic acids is 1. The van der Waals surface area contributed by atoms with Crippen molar-refractivity contribution in [1.29, 1.82) is 0 Å². The first-order valence-electron chi connectivity index (χ1n) is 4.38. The Morgan fingerprint density at radius 1 is 1.38 bits per heavy atom. The van der Waals surface area contributed by atoms with Gasteiger partial charge in [0.2, 0.25) is 15.0 Å². The molecule has 16 heavy (non-hydrogen) atoms. The van der Waals surface area contributed by atoms with E-state index in [1.807, 2.05) is 0 Å². The number of hydrogen-bond acceptors (Lipinski definition) is 4. The van der Waals surface area contributed by atoms with Gasteiger partial charge in [0, 0.05) is 0 Å². The van der Waals surface area contributed by atoms with Crippen LogP contribution in [0, 0.1) is 0 Å². The summed E-state index contributed by atoms with van der Waals surface area (Å²) in [6.07, 6.45) is 0. The third-order valence-corrected chi connectivity index (χ3v) is 3.39. The van der Waals surface area contributed by atoms with E-state index < -0.39 is 21.6 Å². The van der Waals surface area contributed by atoms with Crippen LogP contribution in [0.5, 0.6) is 0 Å². The number of aromatic nitrogens is 2. The molecule has 0 spiro atoms. The zero-order valence-corrected chi connectivity index (χ0v) is 8.86. The first-order valence-corrected chi connectivity index (χ1v) is 6.03. The summed E-state index contributed by atoms with van der Waals surface area (Å²) in [4.78, 5) is 16.8. The number of imidazole rings is 1. The molecule has 0 aliphatic heterocycles. The van der Waals surface area contributed by atoms with Crippen molar-refractivity contribution in [3.05, 3.63) is 24.3 Å². The molecule has 0 unspecified atom stereocenters. The number of rotatable bonds is 3. The van der Waals surface area contributed by atoms with Gasteiger partial charge in [-0.1, -0.05) is 12.1 Å². The molecule has 2 aromatic rings. The lowest BCUT2D eigenvalue weighted by atomic mass is 10.3. The molecule has 0 amide bonds. The van der Waals surface area contributed by atoms with Gasteiger partial charge in [-0.2, -0.15) is 0 Å². The van der Waals surface area contributed by atoms with Crippen molar-refractivity contribution in [2.75, 3.05) is 5.75 Å². The Bertz CT molecular complexity index is 611. The van der Waals surface area contributed by atoms with Crippen LogP contribution in [0.2, 0.25) is 0 Å². The van der Waals surface area contributed by atoms with Crippen LogP contribution in [0.1, 0.15) is 0 Å². The largest absolute Gasteiger partial charge is 0.480 e. The van der Waals surface area contributed by atoms with Crippen molar-refractivity contribution >= 4 is 26.8 Å². The van der Waals surface area contributed by atoms with E-state index in [0.717, 1.165) is 0 Å². The SMILES string of the molecule is O=C(O)CS(=O)(=O)c1nc2ccccc2[nH]1. The van der Waals surface area contributed by atoms with Crippen molar-refractivity contribution in [1.82, 2.24) is 9.97 Å². The maximum Gasteiger partial charge on any atom is 0.319 e. The molecule has 84 valence electrons. The van der Waals surface area contributed by atoms with Gasteiger partial charge in [0.15, 0.2) is 5.75 Å². The van der Waals surface area contributed by atoms with Gasteiger partial charge in [-0.25, -0.2) is 13.4 Å². The highest BCUT2D eigenvalue weighted by Crippen LogP contribution is 2.14. The van der Waals surface area contributed by atoms with Gasteiger partial charge in [-0.15, -0.1) is 0 Å². The zero-order chi connectivity index (χ0) is 11.8. The Labute approximate surface area is 90.9 Å². The number of aromatic amines is 1. The molecular weight excluding hydrogens is 232 g/mol. The Balaban J connectivity index is 2.52. The van der Waals surface area contributed by atoms with E-state index in [4.69, 9.17) is 5.11 Å². The Kier molecular flexibility index (Phi) is 2.39. The van der Waals surface area contributed by atoms with Crippen molar-refractivity contribution in [3.8, 4) is 0 Å². The number of para-hydroxylation sites is 2. The first-order chi connectivity index (χ1) is 7.49. The lowest BCUT2D eigenvalue weighted by Crippen LogP contribution is -2.16. The molecule has 2 N–H and O–H groups in total. The molecule has 0 aliphatic rings. The van der Waals surface area contributed by atoms with Gasteiger partial charge < -0.3 is 10.1 Å². The highest BCUT2D eigenvalue weighted by atomic mass is 32.2. The second kappa shape index (κ2) is 3.60. The number of carboxylic acids is 1. The van der Waals surface area contributed by atoms with Crippen LogP contribution in [-0.4, -0.2) is 35.2 Å². The third-order valence-electron chi connectivity index (χ3n) is 1.98. The van der Waals surface area contributed by atoms with E-state index >= 15 is 0 Å². The van der Waals surface area contributed by atoms with Crippen LogP contribution in [0.4, 0.5) is 0 Å². The minimum Gasteiger partial charge on any atom is -0.480 e. The Morgan fingerprint density at radius 3 is 2.69 bits per heavy atom. The normalized spacial score (nSPS) is 11.8. The molecule has 0 atom stereocenters. The van der Waals surface area contributed by atoms with E-state index in [9.17, 15) is 13.2 Å². The maximum atomic E-state index is 11.5. The number of nitrogens with zero attached hydrogens (tertiary/aromatic N) is 1.